The number of hydrogen-bond donors (Lipinski definition) is 2. The van der Waals surface area contributed by atoms with Gasteiger partial charge in [-0.3, -0.25) is 9.59 Å². The van der Waals surface area contributed by atoms with Crippen LogP contribution in [0.3, 0.4) is 0 Å². The highest BCUT2D eigenvalue weighted by Gasteiger charge is 2.11. The van der Waals surface area contributed by atoms with Crippen LogP contribution in [0.2, 0.25) is 0 Å². The molecule has 0 aliphatic heterocycles. The van der Waals surface area contributed by atoms with Crippen LogP contribution in [0.15, 0.2) is 0 Å². The number of carbonyl (C=O) groups is 2. The van der Waals surface area contributed by atoms with Crippen LogP contribution in [0, 0.1) is 0 Å². The number of carboxylic acids is 1. The van der Waals surface area contributed by atoms with Gasteiger partial charge in [0.2, 0.25) is 0 Å². The van der Waals surface area contributed by atoms with Crippen molar-refractivity contribution in [3.8, 4) is 0 Å². The zero-order chi connectivity index (χ0) is 8.15. The van der Waals surface area contributed by atoms with E-state index < -0.39 is 18.0 Å². The van der Waals surface area contributed by atoms with Gasteiger partial charge in [-0.15, -0.1) is 0 Å². The lowest BCUT2D eigenvalue weighted by Crippen LogP contribution is -2.35. The number of carboxylic acid groups (broad SMARTS) is 1. The number of aliphatic carboxylic acids is 1. The number of ether oxygens (including phenoxy) is 1. The first kappa shape index (κ1) is 12.9. The molecule has 0 saturated carbocycles. The van der Waals surface area contributed by atoms with Crippen LogP contribution in [0.25, 0.3) is 0 Å². The Morgan fingerprint density at radius 3 is 2.36 bits per heavy atom. The normalized spacial score (nSPS) is 11.1. The maximum Gasteiger partial charge on any atom is 0.324 e. The number of hydrogen-bond acceptors (Lipinski definition) is 4. The molecule has 0 heterocycles. The molecule has 0 fully saturated rings. The Bertz CT molecular complexity index is 149. The van der Waals surface area contributed by atoms with Gasteiger partial charge < -0.3 is 15.6 Å². The monoisotopic (exact) mass is 181 g/mol. The minimum atomic E-state index is -1.18. The lowest BCUT2D eigenvalue weighted by Gasteiger charge is -2.04. The molecule has 0 unspecified atom stereocenters. The van der Waals surface area contributed by atoms with Crippen molar-refractivity contribution in [2.45, 2.75) is 13.0 Å². The summed E-state index contributed by atoms with van der Waals surface area (Å²) in [6.45, 7) is 0.916. The molecule has 6 heteroatoms. The lowest BCUT2D eigenvalue weighted by molar-refractivity contribution is -0.146. The number of esters is 1. The van der Waals surface area contributed by atoms with E-state index in [0.717, 1.165) is 0 Å². The van der Waals surface area contributed by atoms with E-state index in [9.17, 15) is 9.59 Å². The summed E-state index contributed by atoms with van der Waals surface area (Å²) in [4.78, 5) is 20.1. The van der Waals surface area contributed by atoms with Gasteiger partial charge in [0.15, 0.2) is 0 Å². The minimum absolute atomic E-state index is 0. The molecule has 0 saturated heterocycles. The Morgan fingerprint density at radius 1 is 1.64 bits per heavy atom. The van der Waals surface area contributed by atoms with Gasteiger partial charge in [-0.05, 0) is 0 Å². The average molecular weight is 181 g/mol. The Labute approximate surface area is 71.0 Å². The second-order valence-corrected chi connectivity index (χ2v) is 1.75. The number of rotatable bonds is 3. The minimum Gasteiger partial charge on any atom is -0.480 e. The van der Waals surface area contributed by atoms with Gasteiger partial charge >= 0.3 is 11.9 Å². The molecule has 0 aromatic rings. The van der Waals surface area contributed by atoms with Crippen molar-refractivity contribution in [3.63, 3.8) is 0 Å². The summed E-state index contributed by atoms with van der Waals surface area (Å²) in [7, 11) is 0. The Morgan fingerprint density at radius 2 is 2.09 bits per heavy atom. The van der Waals surface area contributed by atoms with E-state index in [2.05, 4.69) is 4.74 Å². The van der Waals surface area contributed by atoms with Crippen LogP contribution in [-0.4, -0.2) is 29.7 Å². The first-order chi connectivity index (χ1) is 4.54. The highest BCUT2D eigenvalue weighted by Crippen LogP contribution is 1.82. The van der Waals surface area contributed by atoms with Crippen LogP contribution < -0.4 is 5.73 Å². The van der Waals surface area contributed by atoms with Crippen molar-refractivity contribution >= 4 is 25.4 Å². The topological polar surface area (TPSA) is 89.6 Å². The summed E-state index contributed by atoms with van der Waals surface area (Å²) >= 11 is 0. The highest BCUT2D eigenvalue weighted by atomic mass is 32.1. The lowest BCUT2D eigenvalue weighted by atomic mass is 10.3. The summed E-state index contributed by atoms with van der Waals surface area (Å²) in [5.41, 5.74) is 4.99. The molecular formula is C5H11NO4S. The van der Waals surface area contributed by atoms with Gasteiger partial charge in [-0.1, -0.05) is 0 Å². The van der Waals surface area contributed by atoms with E-state index in [4.69, 9.17) is 10.8 Å². The second kappa shape index (κ2) is 5.99. The van der Waals surface area contributed by atoms with Crippen molar-refractivity contribution in [1.29, 1.82) is 0 Å². The summed E-state index contributed by atoms with van der Waals surface area (Å²) in [5.74, 6) is -1.71. The molecule has 0 radical (unpaired) electrons. The molecule has 0 bridgehead atoms. The van der Waals surface area contributed by atoms with Crippen molar-refractivity contribution in [3.05, 3.63) is 0 Å². The van der Waals surface area contributed by atoms with Crippen LogP contribution >= 0.6 is 13.5 Å². The fraction of sp³-hybridized carbons (Fsp3) is 0.600. The van der Waals surface area contributed by atoms with E-state index in [1.165, 1.54) is 6.92 Å². The second-order valence-electron chi connectivity index (χ2n) is 1.75. The summed E-state index contributed by atoms with van der Waals surface area (Å²) in [6, 6.07) is -1.12. The van der Waals surface area contributed by atoms with Gasteiger partial charge in [0.05, 0.1) is 0 Å². The first-order valence-corrected chi connectivity index (χ1v) is 2.65. The highest BCUT2D eigenvalue weighted by molar-refractivity contribution is 7.59. The zero-order valence-corrected chi connectivity index (χ0v) is 7.03. The smallest absolute Gasteiger partial charge is 0.324 e. The predicted octanol–water partition coefficient (Wildman–Crippen LogP) is -0.926. The standard InChI is InChI=1S/C5H9NO4.H2S/c1-3(7)10-2-4(6)5(8)9;/h4H,2,6H2,1H3,(H,8,9);1H2/t4-;/m0./s1. The molecule has 5 nitrogen and oxygen atoms in total. The van der Waals surface area contributed by atoms with E-state index in [1.54, 1.807) is 0 Å². The summed E-state index contributed by atoms with van der Waals surface area (Å²) < 4.78 is 4.32. The van der Waals surface area contributed by atoms with Crippen LogP contribution in [0.5, 0.6) is 0 Å². The van der Waals surface area contributed by atoms with Crippen molar-refractivity contribution < 1.29 is 19.4 Å². The molecular weight excluding hydrogens is 170 g/mol. The largest absolute Gasteiger partial charge is 0.480 e. The molecule has 0 spiro atoms. The molecule has 0 amide bonds. The predicted molar refractivity (Wildman–Crippen MR) is 42.6 cm³/mol. The van der Waals surface area contributed by atoms with Crippen molar-refractivity contribution in [2.24, 2.45) is 5.73 Å². The van der Waals surface area contributed by atoms with E-state index in [1.807, 2.05) is 0 Å². The Hall–Kier alpha value is -0.750. The molecule has 11 heavy (non-hydrogen) atoms. The average Bonchev–Trinajstić information content (AvgIpc) is 1.82. The third-order valence-electron chi connectivity index (χ3n) is 0.783. The molecule has 0 aromatic carbocycles. The van der Waals surface area contributed by atoms with E-state index >= 15 is 0 Å². The van der Waals surface area contributed by atoms with Gasteiger partial charge in [-0.25, -0.2) is 0 Å². The van der Waals surface area contributed by atoms with Crippen molar-refractivity contribution in [1.82, 2.24) is 0 Å². The van der Waals surface area contributed by atoms with Crippen LogP contribution in [0.4, 0.5) is 0 Å². The molecule has 0 rings (SSSR count). The third kappa shape index (κ3) is 7.14. The molecule has 3 N–H and O–H groups in total. The van der Waals surface area contributed by atoms with Gasteiger partial charge in [0, 0.05) is 6.92 Å². The fourth-order valence-electron chi connectivity index (χ4n) is 0.278. The van der Waals surface area contributed by atoms with Gasteiger partial charge in [-0.2, -0.15) is 13.5 Å². The first-order valence-electron chi connectivity index (χ1n) is 2.65. The summed E-state index contributed by atoms with van der Waals surface area (Å²) in [6.07, 6.45) is 0. The van der Waals surface area contributed by atoms with Crippen molar-refractivity contribution in [2.75, 3.05) is 6.61 Å². The Kier molecular flexibility index (Phi) is 7.02. The summed E-state index contributed by atoms with van der Waals surface area (Å²) in [5, 5.41) is 8.18. The van der Waals surface area contributed by atoms with E-state index in [0.29, 0.717) is 0 Å². The van der Waals surface area contributed by atoms with Crippen LogP contribution in [-0.2, 0) is 14.3 Å². The fourth-order valence-corrected chi connectivity index (χ4v) is 0.278. The maximum absolute atomic E-state index is 10.1. The maximum atomic E-state index is 10.1. The van der Waals surface area contributed by atoms with Crippen LogP contribution in [0.1, 0.15) is 6.92 Å². The molecule has 0 aliphatic rings. The zero-order valence-electron chi connectivity index (χ0n) is 6.03. The molecule has 0 aliphatic carbocycles. The number of nitrogens with two attached hydrogens (primary N) is 1. The van der Waals surface area contributed by atoms with E-state index in [-0.39, 0.29) is 20.1 Å². The van der Waals surface area contributed by atoms with Gasteiger partial charge in [0.25, 0.3) is 0 Å². The van der Waals surface area contributed by atoms with Gasteiger partial charge in [0.1, 0.15) is 12.6 Å². The SMILES string of the molecule is CC(=O)OC[C@H](N)C(=O)O.S. The Balaban J connectivity index is 0. The third-order valence-corrected chi connectivity index (χ3v) is 0.783. The molecule has 66 valence electrons. The quantitative estimate of drug-likeness (QED) is 0.549. The molecule has 0 aromatic heterocycles. The number of carbonyl (C=O) groups excluding carboxylic acids is 1. The molecule has 1 atom stereocenters.